The number of hydrogen-bond acceptors (Lipinski definition) is 12. The van der Waals surface area contributed by atoms with Gasteiger partial charge in [0.05, 0.1) is 65.1 Å². The molecule has 97 heavy (non-hydrogen) atoms. The van der Waals surface area contributed by atoms with Crippen molar-refractivity contribution < 1.29 is 43.3 Å². The maximum Gasteiger partial charge on any atom is 0.259 e. The molecule has 3 aliphatic heterocycles. The molecule has 24 heteroatoms. The third kappa shape index (κ3) is 23.4. The van der Waals surface area contributed by atoms with Crippen molar-refractivity contribution in [2.75, 3.05) is 60.5 Å². The van der Waals surface area contributed by atoms with Gasteiger partial charge in [-0.15, -0.1) is 0 Å². The highest BCUT2D eigenvalue weighted by Crippen LogP contribution is 2.34. The number of halogens is 8. The van der Waals surface area contributed by atoms with Crippen LogP contribution in [0.1, 0.15) is 109 Å². The molecule has 3 fully saturated rings. The molecule has 8 aromatic carbocycles. The summed E-state index contributed by atoms with van der Waals surface area (Å²) in [5.41, 5.74) is 7.19. The van der Waals surface area contributed by atoms with Crippen LogP contribution in [0.4, 0.5) is 22.7 Å². The lowest BCUT2D eigenvalue weighted by atomic mass is 10.1. The SMILES string of the molecule is CC(=O)Cc1ccc(NC(=O)c2cc(Cl)ccc2O)c(Cl)c1.Cc1ccc(NC(=O)c2cc(Cl)ccc2OC2CCNCC2)c(Cl)c1.Cc1ccc(NC(=O)c2cc(Cl)ccc2OC2CCNCC2)c(Cl)c1.Cc1ccc(NC(=O)c2cc(Cl)ccc2OC2CCNCC2)c(Cl)c1. The third-order valence-electron chi connectivity index (χ3n) is 15.4. The molecule has 0 spiro atoms. The van der Waals surface area contributed by atoms with Crippen LogP contribution in [0.25, 0.3) is 0 Å². The Balaban J connectivity index is 0.000000165. The second-order valence-corrected chi connectivity index (χ2v) is 26.6. The number of carbonyl (C=O) groups is 5. The van der Waals surface area contributed by atoms with Crippen LogP contribution in [0.3, 0.4) is 0 Å². The Morgan fingerprint density at radius 3 is 0.959 bits per heavy atom. The minimum absolute atomic E-state index is 0.0247. The van der Waals surface area contributed by atoms with Gasteiger partial charge in [0, 0.05) is 26.5 Å². The number of ketones is 1. The maximum atomic E-state index is 12.7. The van der Waals surface area contributed by atoms with Crippen molar-refractivity contribution in [2.24, 2.45) is 0 Å². The average Bonchev–Trinajstić information content (AvgIpc) is 0.941. The molecule has 0 atom stereocenters. The number of nitrogens with one attached hydrogen (secondary N) is 7. The minimum Gasteiger partial charge on any atom is -0.507 e. The quantitative estimate of drug-likeness (QED) is 0.0453. The van der Waals surface area contributed by atoms with E-state index in [1.54, 1.807) is 91.0 Å². The molecule has 3 saturated heterocycles. The van der Waals surface area contributed by atoms with E-state index in [4.69, 9.17) is 107 Å². The number of phenols is 1. The summed E-state index contributed by atoms with van der Waals surface area (Å²) in [6.45, 7) is 12.8. The highest BCUT2D eigenvalue weighted by molar-refractivity contribution is 6.36. The van der Waals surface area contributed by atoms with E-state index < -0.39 is 5.91 Å². The summed E-state index contributed by atoms with van der Waals surface area (Å²) in [5, 5.41) is 34.3. The van der Waals surface area contributed by atoms with E-state index >= 15 is 0 Å². The Labute approximate surface area is 604 Å². The second kappa shape index (κ2) is 37.1. The number of piperidine rings is 3. The molecule has 3 aliphatic rings. The van der Waals surface area contributed by atoms with Gasteiger partial charge in [0.25, 0.3) is 23.6 Å². The molecule has 8 aromatic rings. The zero-order valence-corrected chi connectivity index (χ0v) is 59.6. The number of benzene rings is 8. The van der Waals surface area contributed by atoms with Gasteiger partial charge in [-0.1, -0.05) is 117 Å². The predicted molar refractivity (Wildman–Crippen MR) is 393 cm³/mol. The fourth-order valence-corrected chi connectivity index (χ4v) is 12.1. The summed E-state index contributed by atoms with van der Waals surface area (Å²) in [6.07, 6.45) is 6.03. The standard InChI is InChI=1S/3C19H20Cl2N2O2.C16H13Cl2NO3/c3*1-12-2-4-17(16(21)10-12)23-19(24)15-11-13(20)3-5-18(15)25-14-6-8-22-9-7-14;1-9(20)6-10-2-4-14(13(18)7-10)19-16(22)12-8-11(17)3-5-15(12)21/h3*2-5,10-11,14,22H,6-9H2,1H3,(H,23,24);2-5,7-8,21H,6H2,1H3,(H,19,22). The first-order valence-corrected chi connectivity index (χ1v) is 34.3. The van der Waals surface area contributed by atoms with Crippen LogP contribution in [0.5, 0.6) is 23.0 Å². The van der Waals surface area contributed by atoms with Gasteiger partial charge >= 0.3 is 0 Å². The molecule has 8 N–H and O–H groups in total. The Hall–Kier alpha value is -7.29. The molecule has 0 aromatic heterocycles. The van der Waals surface area contributed by atoms with Crippen molar-refractivity contribution in [2.45, 2.75) is 91.0 Å². The van der Waals surface area contributed by atoms with Crippen LogP contribution in [0.2, 0.25) is 40.2 Å². The summed E-state index contributed by atoms with van der Waals surface area (Å²) in [7, 11) is 0. The molecule has 0 radical (unpaired) electrons. The lowest BCUT2D eigenvalue weighted by molar-refractivity contribution is -0.116. The van der Waals surface area contributed by atoms with E-state index in [1.807, 2.05) is 57.2 Å². The normalized spacial score (nSPS) is 13.9. The first kappa shape index (κ1) is 75.5. The largest absolute Gasteiger partial charge is 0.507 e. The summed E-state index contributed by atoms with van der Waals surface area (Å²) < 4.78 is 18.2. The van der Waals surface area contributed by atoms with Crippen molar-refractivity contribution in [1.29, 1.82) is 0 Å². The van der Waals surface area contributed by atoms with Gasteiger partial charge in [-0.05, 0) is 249 Å². The number of aryl methyl sites for hydroxylation is 3. The second-order valence-electron chi connectivity index (χ2n) is 23.2. The molecule has 0 saturated carbocycles. The van der Waals surface area contributed by atoms with Gasteiger partial charge in [-0.25, -0.2) is 0 Å². The molecule has 11 rings (SSSR count). The van der Waals surface area contributed by atoms with Gasteiger partial charge in [-0.3, -0.25) is 24.0 Å². The average molecular weight is 1480 g/mol. The van der Waals surface area contributed by atoms with E-state index in [2.05, 4.69) is 37.2 Å². The number of carbonyl (C=O) groups excluding carboxylic acids is 5. The highest BCUT2D eigenvalue weighted by atomic mass is 35.5. The molecule has 0 unspecified atom stereocenters. The highest BCUT2D eigenvalue weighted by Gasteiger charge is 2.24. The summed E-state index contributed by atoms with van der Waals surface area (Å²) in [6, 6.07) is 40.9. The van der Waals surface area contributed by atoms with Crippen LogP contribution in [0.15, 0.2) is 146 Å². The summed E-state index contributed by atoms with van der Waals surface area (Å²) in [5.74, 6) is 0.0572. The van der Waals surface area contributed by atoms with E-state index in [0.717, 1.165) is 100 Å². The van der Waals surface area contributed by atoms with Crippen molar-refractivity contribution in [3.05, 3.63) is 230 Å². The van der Waals surface area contributed by atoms with Crippen molar-refractivity contribution >= 4 is 145 Å². The van der Waals surface area contributed by atoms with Crippen molar-refractivity contribution in [3.8, 4) is 23.0 Å². The first-order chi connectivity index (χ1) is 46.4. The number of phenolic OH excluding ortho intramolecular Hbond substituents is 1. The van der Waals surface area contributed by atoms with Gasteiger partial charge in [-0.2, -0.15) is 0 Å². The molecule has 3 heterocycles. The van der Waals surface area contributed by atoms with Crippen LogP contribution in [-0.2, 0) is 11.2 Å². The van der Waals surface area contributed by atoms with Crippen molar-refractivity contribution in [1.82, 2.24) is 16.0 Å². The fourth-order valence-electron chi connectivity index (χ4n) is 10.3. The van der Waals surface area contributed by atoms with E-state index in [9.17, 15) is 29.1 Å². The lowest BCUT2D eigenvalue weighted by Gasteiger charge is -2.25. The number of aromatic hydroxyl groups is 1. The zero-order valence-electron chi connectivity index (χ0n) is 53.5. The number of Topliss-reactive ketones (excluding diaryl/α,β-unsaturated/α-hetero) is 1. The van der Waals surface area contributed by atoms with E-state index in [0.29, 0.717) is 96.9 Å². The Kier molecular flexibility index (Phi) is 28.8. The van der Waals surface area contributed by atoms with Crippen molar-refractivity contribution in [3.63, 3.8) is 0 Å². The van der Waals surface area contributed by atoms with Gasteiger partial charge in [0.15, 0.2) is 0 Å². The molecular formula is C73H73Cl8N7O9. The van der Waals surface area contributed by atoms with Gasteiger partial charge in [0.2, 0.25) is 0 Å². The molecule has 0 aliphatic carbocycles. The summed E-state index contributed by atoms with van der Waals surface area (Å²) in [4.78, 5) is 61.5. The Morgan fingerprint density at radius 2 is 0.660 bits per heavy atom. The number of ether oxygens (including phenoxy) is 3. The molecule has 16 nitrogen and oxygen atoms in total. The number of hydrogen-bond donors (Lipinski definition) is 8. The Morgan fingerprint density at radius 1 is 0.381 bits per heavy atom. The van der Waals surface area contributed by atoms with Crippen LogP contribution >= 0.6 is 92.8 Å². The predicted octanol–water partition coefficient (Wildman–Crippen LogP) is 18.1. The zero-order chi connectivity index (χ0) is 69.7. The monoisotopic (exact) mass is 1470 g/mol. The van der Waals surface area contributed by atoms with E-state index in [-0.39, 0.29) is 59.6 Å². The van der Waals surface area contributed by atoms with Crippen LogP contribution in [-0.4, -0.2) is 92.1 Å². The number of anilines is 4. The molecular weight excluding hydrogens is 1400 g/mol. The van der Waals surface area contributed by atoms with Gasteiger partial charge < -0.3 is 56.5 Å². The minimum atomic E-state index is -0.527. The molecule has 0 bridgehead atoms. The fraction of sp³-hybridized carbons (Fsp3) is 0.274. The van der Waals surface area contributed by atoms with E-state index in [1.165, 1.54) is 25.1 Å². The van der Waals surface area contributed by atoms with Crippen LogP contribution < -0.4 is 51.4 Å². The number of rotatable bonds is 16. The Bertz CT molecular complexity index is 3800. The van der Waals surface area contributed by atoms with Crippen LogP contribution in [0, 0.1) is 20.8 Å². The summed E-state index contributed by atoms with van der Waals surface area (Å²) >= 11 is 48.8. The number of amides is 4. The smallest absolute Gasteiger partial charge is 0.259 e. The maximum absolute atomic E-state index is 12.7. The first-order valence-electron chi connectivity index (χ1n) is 31.3. The molecule has 4 amide bonds. The third-order valence-corrected chi connectivity index (χ3v) is 17.5. The topological polar surface area (TPSA) is 217 Å². The lowest BCUT2D eigenvalue weighted by Crippen LogP contribution is -2.34. The van der Waals surface area contributed by atoms with Gasteiger partial charge in [0.1, 0.15) is 47.1 Å². The molecule has 510 valence electrons.